The number of carboxylic acids is 1. The van der Waals surface area contributed by atoms with Crippen LogP contribution in [0, 0.1) is 0 Å². The third kappa shape index (κ3) is 3.55. The van der Waals surface area contributed by atoms with Crippen LogP contribution >= 0.6 is 0 Å². The molecule has 0 atom stereocenters. The molecule has 84 valence electrons. The van der Waals surface area contributed by atoms with E-state index in [1.165, 1.54) is 12.1 Å². The van der Waals surface area contributed by atoms with E-state index in [2.05, 4.69) is 0 Å². The smallest absolute Gasteiger partial charge is 0.337 e. The molecule has 0 aliphatic rings. The summed E-state index contributed by atoms with van der Waals surface area (Å²) in [6.07, 6.45) is 2.24. The highest BCUT2D eigenvalue weighted by molar-refractivity contribution is 5.86. The van der Waals surface area contributed by atoms with E-state index in [-0.39, 0.29) is 5.75 Å². The van der Waals surface area contributed by atoms with Gasteiger partial charge in [-0.25, -0.2) is 9.59 Å². The molecule has 1 aromatic carbocycles. The number of carbonyl (C=O) groups is 2. The Bertz CT molecular complexity index is 422. The monoisotopic (exact) mass is 222 g/mol. The number of benzene rings is 1. The molecule has 0 aliphatic heterocycles. The van der Waals surface area contributed by atoms with Gasteiger partial charge in [0, 0.05) is 11.6 Å². The molecule has 0 amide bonds. The molecule has 0 aromatic heterocycles. The molecule has 0 aliphatic carbocycles. The van der Waals surface area contributed by atoms with Crippen LogP contribution in [0.3, 0.4) is 0 Å². The molecule has 5 heteroatoms. The minimum Gasteiger partial charge on any atom is -0.478 e. The van der Waals surface area contributed by atoms with Crippen molar-refractivity contribution in [1.29, 1.82) is 0 Å². The first-order chi connectivity index (χ1) is 7.63. The zero-order valence-corrected chi connectivity index (χ0v) is 8.29. The maximum Gasteiger partial charge on any atom is 0.337 e. The highest BCUT2D eigenvalue weighted by Crippen LogP contribution is 2.19. The molecule has 0 spiro atoms. The number of carboxylic acid groups (broad SMARTS) is 1. The molecular weight excluding hydrogens is 212 g/mol. The van der Waals surface area contributed by atoms with Gasteiger partial charge in [-0.05, 0) is 12.1 Å². The van der Waals surface area contributed by atoms with Crippen molar-refractivity contribution in [2.45, 2.75) is 0 Å². The molecular formula is C11H10O5. The van der Waals surface area contributed by atoms with E-state index in [0.29, 0.717) is 5.56 Å². The molecule has 0 saturated heterocycles. The second kappa shape index (κ2) is 5.67. The minimum absolute atomic E-state index is 0.207. The van der Waals surface area contributed by atoms with Crippen molar-refractivity contribution in [2.24, 2.45) is 0 Å². The van der Waals surface area contributed by atoms with Crippen LogP contribution in [0.15, 0.2) is 30.3 Å². The lowest BCUT2D eigenvalue weighted by molar-refractivity contribution is -0.137. The van der Waals surface area contributed by atoms with Gasteiger partial charge in [0.1, 0.15) is 12.4 Å². The van der Waals surface area contributed by atoms with Gasteiger partial charge >= 0.3 is 11.9 Å². The number of rotatable bonds is 4. The van der Waals surface area contributed by atoms with Crippen molar-refractivity contribution in [1.82, 2.24) is 0 Å². The first-order valence-electron chi connectivity index (χ1n) is 4.45. The summed E-state index contributed by atoms with van der Waals surface area (Å²) in [7, 11) is 0. The Balaban J connectivity index is 2.91. The highest BCUT2D eigenvalue weighted by atomic mass is 16.5. The average molecular weight is 222 g/mol. The maximum absolute atomic E-state index is 10.9. The zero-order valence-electron chi connectivity index (χ0n) is 8.29. The van der Waals surface area contributed by atoms with Crippen molar-refractivity contribution >= 4 is 18.0 Å². The van der Waals surface area contributed by atoms with Crippen LogP contribution in [-0.4, -0.2) is 28.8 Å². The van der Waals surface area contributed by atoms with Crippen LogP contribution in [-0.2, 0) is 9.59 Å². The highest BCUT2D eigenvalue weighted by Gasteiger charge is 2.05. The van der Waals surface area contributed by atoms with Crippen LogP contribution < -0.4 is 4.74 Å². The first kappa shape index (κ1) is 11.9. The Labute approximate surface area is 91.6 Å². The van der Waals surface area contributed by atoms with E-state index in [1.807, 2.05) is 0 Å². The summed E-state index contributed by atoms with van der Waals surface area (Å²) in [5.41, 5.74) is 0.451. The summed E-state index contributed by atoms with van der Waals surface area (Å²) in [4.78, 5) is 21.2. The Hall–Kier alpha value is -2.14. The Kier molecular flexibility index (Phi) is 4.23. The fourth-order valence-corrected chi connectivity index (χ4v) is 1.03. The molecule has 0 unspecified atom stereocenters. The number of esters is 1. The Morgan fingerprint density at radius 2 is 2.00 bits per heavy atom. The maximum atomic E-state index is 10.9. The number of hydrogen-bond donors (Lipinski definition) is 2. The number of para-hydroxylation sites is 1. The zero-order chi connectivity index (χ0) is 12.0. The van der Waals surface area contributed by atoms with Crippen LogP contribution in [0.1, 0.15) is 5.56 Å². The molecule has 2 N–H and O–H groups in total. The average Bonchev–Trinajstić information content (AvgIpc) is 2.27. The fraction of sp³-hybridized carbons (Fsp3) is 0.0909. The quantitative estimate of drug-likeness (QED) is 0.444. The third-order valence-electron chi connectivity index (χ3n) is 1.68. The largest absolute Gasteiger partial charge is 0.478 e. The van der Waals surface area contributed by atoms with Crippen LogP contribution in [0.5, 0.6) is 5.75 Å². The second-order valence-corrected chi connectivity index (χ2v) is 2.84. The fourth-order valence-electron chi connectivity index (χ4n) is 1.03. The second-order valence-electron chi connectivity index (χ2n) is 2.84. The molecule has 1 rings (SSSR count). The van der Waals surface area contributed by atoms with E-state index < -0.39 is 18.5 Å². The van der Waals surface area contributed by atoms with E-state index in [9.17, 15) is 9.59 Å². The molecule has 0 radical (unpaired) electrons. The molecule has 0 saturated carbocycles. The van der Waals surface area contributed by atoms with Crippen LogP contribution in [0.25, 0.3) is 6.08 Å². The predicted molar refractivity (Wildman–Crippen MR) is 55.8 cm³/mol. The third-order valence-corrected chi connectivity index (χ3v) is 1.68. The summed E-state index contributed by atoms with van der Waals surface area (Å²) < 4.78 is 4.79. The molecule has 1 aromatic rings. The van der Waals surface area contributed by atoms with Gasteiger partial charge in [-0.1, -0.05) is 18.2 Å². The molecule has 0 bridgehead atoms. The predicted octanol–water partition coefficient (Wildman–Crippen LogP) is 0.682. The number of aliphatic carboxylic acids is 1. The van der Waals surface area contributed by atoms with Crippen molar-refractivity contribution < 1.29 is 24.5 Å². The minimum atomic E-state index is -1.09. The van der Waals surface area contributed by atoms with E-state index in [1.54, 1.807) is 18.2 Å². The van der Waals surface area contributed by atoms with Gasteiger partial charge in [0.25, 0.3) is 0 Å². The lowest BCUT2D eigenvalue weighted by Crippen LogP contribution is -2.12. The van der Waals surface area contributed by atoms with E-state index >= 15 is 0 Å². The van der Waals surface area contributed by atoms with Crippen molar-refractivity contribution in [3.05, 3.63) is 35.9 Å². The Morgan fingerprint density at radius 3 is 2.62 bits per heavy atom. The number of ether oxygens (including phenoxy) is 1. The summed E-state index contributed by atoms with van der Waals surface area (Å²) in [5.74, 6) is -1.68. The van der Waals surface area contributed by atoms with Gasteiger partial charge in [0.2, 0.25) is 0 Å². The Morgan fingerprint density at radius 1 is 1.31 bits per heavy atom. The van der Waals surface area contributed by atoms with Gasteiger partial charge < -0.3 is 14.9 Å². The van der Waals surface area contributed by atoms with Gasteiger partial charge in [0.15, 0.2) is 0 Å². The van der Waals surface area contributed by atoms with Gasteiger partial charge in [0.05, 0.1) is 0 Å². The van der Waals surface area contributed by atoms with Gasteiger partial charge in [-0.3, -0.25) is 0 Å². The SMILES string of the molecule is O=C(O)/C=C/c1ccccc1OC(=O)CO. The standard InChI is InChI=1S/C11H10O5/c12-7-11(15)16-9-4-2-1-3-8(9)5-6-10(13)14/h1-6,12H,7H2,(H,13,14)/b6-5+. The number of carbonyl (C=O) groups excluding carboxylic acids is 1. The van der Waals surface area contributed by atoms with Crippen molar-refractivity contribution in [2.75, 3.05) is 6.61 Å². The van der Waals surface area contributed by atoms with Gasteiger partial charge in [-0.15, -0.1) is 0 Å². The lowest BCUT2D eigenvalue weighted by atomic mass is 10.2. The van der Waals surface area contributed by atoms with E-state index in [0.717, 1.165) is 6.08 Å². The normalized spacial score (nSPS) is 10.3. The van der Waals surface area contributed by atoms with Crippen LogP contribution in [0.2, 0.25) is 0 Å². The van der Waals surface area contributed by atoms with E-state index in [4.69, 9.17) is 14.9 Å². The van der Waals surface area contributed by atoms with Crippen molar-refractivity contribution in [3.63, 3.8) is 0 Å². The first-order valence-corrected chi connectivity index (χ1v) is 4.45. The van der Waals surface area contributed by atoms with Crippen molar-refractivity contribution in [3.8, 4) is 5.75 Å². The molecule has 0 fully saturated rings. The summed E-state index contributed by atoms with van der Waals surface area (Å²) in [6, 6.07) is 6.42. The number of aliphatic hydroxyl groups excluding tert-OH is 1. The lowest BCUT2D eigenvalue weighted by Gasteiger charge is -2.05. The molecule has 16 heavy (non-hydrogen) atoms. The number of hydrogen-bond acceptors (Lipinski definition) is 4. The molecule has 5 nitrogen and oxygen atoms in total. The number of aliphatic hydroxyl groups is 1. The summed E-state index contributed by atoms with van der Waals surface area (Å²) in [6.45, 7) is -0.725. The topological polar surface area (TPSA) is 83.8 Å². The summed E-state index contributed by atoms with van der Waals surface area (Å²) in [5, 5.41) is 17.0. The molecule has 0 heterocycles. The summed E-state index contributed by atoms with van der Waals surface area (Å²) >= 11 is 0. The van der Waals surface area contributed by atoms with Crippen LogP contribution in [0.4, 0.5) is 0 Å². The van der Waals surface area contributed by atoms with Gasteiger partial charge in [-0.2, -0.15) is 0 Å².